The lowest BCUT2D eigenvalue weighted by Gasteiger charge is -2.32. The first kappa shape index (κ1) is 27.2. The number of nitrogens with one attached hydrogen (secondary N) is 2. The first-order valence-corrected chi connectivity index (χ1v) is 12.6. The summed E-state index contributed by atoms with van der Waals surface area (Å²) in [5.74, 6) is -1.61. The molecule has 2 aliphatic rings. The van der Waals surface area contributed by atoms with Gasteiger partial charge in [0.15, 0.2) is 5.01 Å². The lowest BCUT2D eigenvalue weighted by molar-refractivity contribution is -0.138. The summed E-state index contributed by atoms with van der Waals surface area (Å²) in [6, 6.07) is -1.82. The van der Waals surface area contributed by atoms with Crippen molar-refractivity contribution in [3.05, 3.63) is 28.5 Å². The molecule has 2 amide bonds. The fraction of sp³-hybridized carbons (Fsp3) is 0.565. The predicted octanol–water partition coefficient (Wildman–Crippen LogP) is 4.38. The van der Waals surface area contributed by atoms with Gasteiger partial charge in [-0.2, -0.15) is 13.2 Å². The summed E-state index contributed by atoms with van der Waals surface area (Å²) in [4.78, 5) is 35.8. The molecule has 0 aromatic carbocycles. The number of thiazole rings is 1. The fourth-order valence-corrected chi connectivity index (χ4v) is 5.21. The van der Waals surface area contributed by atoms with Gasteiger partial charge >= 0.3 is 6.18 Å². The van der Waals surface area contributed by atoms with Gasteiger partial charge in [-0.1, -0.05) is 0 Å². The lowest BCUT2D eigenvalue weighted by atomic mass is 9.89. The Morgan fingerprint density at radius 3 is 2.51 bits per heavy atom. The molecule has 1 aliphatic heterocycles. The molecule has 202 valence electrons. The van der Waals surface area contributed by atoms with Crippen molar-refractivity contribution in [3.63, 3.8) is 0 Å². The van der Waals surface area contributed by atoms with Crippen LogP contribution in [0.3, 0.4) is 0 Å². The Labute approximate surface area is 213 Å². The minimum absolute atomic E-state index is 0.0263. The summed E-state index contributed by atoms with van der Waals surface area (Å²) in [6.07, 6.45) is -4.89. The topological polar surface area (TPSA) is 107 Å². The molecule has 2 fully saturated rings. The number of alkyl halides is 5. The van der Waals surface area contributed by atoms with Crippen LogP contribution in [0, 0.1) is 0 Å². The number of pyridine rings is 1. The average molecular weight is 548 g/mol. The third kappa shape index (κ3) is 5.69. The molecule has 14 heteroatoms. The van der Waals surface area contributed by atoms with E-state index in [-0.39, 0.29) is 27.2 Å². The maximum atomic E-state index is 14.1. The van der Waals surface area contributed by atoms with E-state index in [0.717, 1.165) is 32.0 Å². The number of hydrogen-bond donors (Lipinski definition) is 3. The van der Waals surface area contributed by atoms with Gasteiger partial charge in [-0.3, -0.25) is 9.59 Å². The average Bonchev–Trinajstić information content (AvgIpc) is 3.47. The third-order valence-electron chi connectivity index (χ3n) is 6.66. The van der Waals surface area contributed by atoms with Crippen LogP contribution in [0.2, 0.25) is 0 Å². The number of rotatable bonds is 7. The molecule has 3 heterocycles. The zero-order valence-corrected chi connectivity index (χ0v) is 20.8. The van der Waals surface area contributed by atoms with Crippen molar-refractivity contribution < 1.29 is 36.6 Å². The molecule has 4 unspecified atom stereocenters. The molecule has 1 saturated carbocycles. The Bertz CT molecular complexity index is 1170. The van der Waals surface area contributed by atoms with E-state index in [0.29, 0.717) is 30.7 Å². The Morgan fingerprint density at radius 1 is 1.24 bits per heavy atom. The smallest absolute Gasteiger partial charge is 0.391 e. The monoisotopic (exact) mass is 547 g/mol. The highest BCUT2D eigenvalue weighted by Crippen LogP contribution is 2.39. The molecule has 1 saturated heterocycles. The molecular formula is C23H26F5N5O3S. The van der Waals surface area contributed by atoms with Gasteiger partial charge in [0.2, 0.25) is 0 Å². The zero-order chi connectivity index (χ0) is 27.1. The van der Waals surface area contributed by atoms with E-state index >= 15 is 0 Å². The van der Waals surface area contributed by atoms with Crippen molar-refractivity contribution in [2.24, 2.45) is 0 Å². The largest absolute Gasteiger partial charge is 0.408 e. The number of aliphatic hydroxyl groups is 1. The molecule has 2 aromatic rings. The number of halogens is 5. The minimum atomic E-state index is -4.62. The van der Waals surface area contributed by atoms with Gasteiger partial charge in [0, 0.05) is 29.9 Å². The molecule has 1 aliphatic carbocycles. The number of nitrogens with zero attached hydrogens (tertiary/aromatic N) is 3. The summed E-state index contributed by atoms with van der Waals surface area (Å²) in [5.41, 5.74) is -1.05. The molecule has 4 atom stereocenters. The summed E-state index contributed by atoms with van der Waals surface area (Å²) in [5, 5.41) is 14.3. The Kier molecular flexibility index (Phi) is 7.70. The highest BCUT2D eigenvalue weighted by atomic mass is 32.1. The summed E-state index contributed by atoms with van der Waals surface area (Å²) < 4.78 is 67.0. The highest BCUT2D eigenvalue weighted by Gasteiger charge is 2.37. The second-order valence-electron chi connectivity index (χ2n) is 9.28. The normalized spacial score (nSPS) is 22.6. The van der Waals surface area contributed by atoms with Crippen molar-refractivity contribution in [1.29, 1.82) is 0 Å². The first-order valence-electron chi connectivity index (χ1n) is 11.8. The number of anilines is 1. The lowest BCUT2D eigenvalue weighted by Crippen LogP contribution is -2.50. The minimum Gasteiger partial charge on any atom is -0.391 e. The molecule has 0 bridgehead atoms. The number of carbonyl (C=O) groups excluding carboxylic acids is 2. The van der Waals surface area contributed by atoms with Gasteiger partial charge in [0.25, 0.3) is 18.2 Å². The van der Waals surface area contributed by atoms with Gasteiger partial charge in [0.1, 0.15) is 17.6 Å². The molecule has 8 nitrogen and oxygen atoms in total. The van der Waals surface area contributed by atoms with Gasteiger partial charge < -0.3 is 20.6 Å². The van der Waals surface area contributed by atoms with Gasteiger partial charge in [0.05, 0.1) is 17.0 Å². The van der Waals surface area contributed by atoms with Crippen LogP contribution in [0.4, 0.5) is 27.8 Å². The number of aliphatic hydroxyl groups excluding tert-OH is 1. The van der Waals surface area contributed by atoms with E-state index < -0.39 is 54.0 Å². The Morgan fingerprint density at radius 2 is 1.97 bits per heavy atom. The molecule has 2 aromatic heterocycles. The predicted molar refractivity (Wildman–Crippen MR) is 126 cm³/mol. The van der Waals surface area contributed by atoms with Crippen molar-refractivity contribution in [1.82, 2.24) is 20.2 Å². The number of aromatic nitrogens is 2. The van der Waals surface area contributed by atoms with Crippen LogP contribution in [0.5, 0.6) is 0 Å². The fourth-order valence-electron chi connectivity index (χ4n) is 4.22. The quantitative estimate of drug-likeness (QED) is 0.444. The van der Waals surface area contributed by atoms with Gasteiger partial charge in [-0.15, -0.1) is 11.3 Å². The van der Waals surface area contributed by atoms with Gasteiger partial charge in [-0.25, -0.2) is 18.7 Å². The molecule has 3 N–H and O–H groups in total. The number of carbonyl (C=O) groups is 2. The molecule has 4 rings (SSSR count). The van der Waals surface area contributed by atoms with Crippen molar-refractivity contribution in [2.75, 3.05) is 11.9 Å². The maximum absolute atomic E-state index is 14.1. The highest BCUT2D eigenvalue weighted by molar-refractivity contribution is 7.17. The second-order valence-corrected chi connectivity index (χ2v) is 10.3. The van der Waals surface area contributed by atoms with Crippen molar-refractivity contribution in [3.8, 4) is 10.4 Å². The van der Waals surface area contributed by atoms with Crippen LogP contribution in [-0.2, 0) is 0 Å². The van der Waals surface area contributed by atoms with E-state index in [2.05, 4.69) is 20.6 Å². The third-order valence-corrected chi connectivity index (χ3v) is 7.75. The van der Waals surface area contributed by atoms with Crippen LogP contribution in [-0.4, -0.2) is 68.7 Å². The van der Waals surface area contributed by atoms with Crippen molar-refractivity contribution in [2.45, 2.75) is 76.4 Å². The molecule has 0 spiro atoms. The summed E-state index contributed by atoms with van der Waals surface area (Å²) in [7, 11) is 0. The van der Waals surface area contributed by atoms with E-state index in [1.807, 2.05) is 6.92 Å². The van der Waals surface area contributed by atoms with Crippen LogP contribution in [0.1, 0.15) is 71.8 Å². The summed E-state index contributed by atoms with van der Waals surface area (Å²) in [6.45, 7) is 3.11. The summed E-state index contributed by atoms with van der Waals surface area (Å²) >= 11 is 0.716. The molecule has 37 heavy (non-hydrogen) atoms. The van der Waals surface area contributed by atoms with Crippen LogP contribution >= 0.6 is 11.3 Å². The number of likely N-dealkylation sites (tertiary alicyclic amines) is 1. The standard InChI is InChI=1S/C23H26F5N5O3S/c1-10-4-3-7-33(10)22(36)17-18(37-21(32-17)20(35)31-14-5-6-15(14)34)13-9-29-16(8-12(13)19(24)25)30-11(2)23(26,27)28/h8-11,14-15,19,34H,3-7H2,1-2H3,(H,29,30)(H,31,35). The number of amides is 2. The van der Waals surface area contributed by atoms with Crippen LogP contribution in [0.15, 0.2) is 12.3 Å². The van der Waals surface area contributed by atoms with Crippen LogP contribution < -0.4 is 10.6 Å². The van der Waals surface area contributed by atoms with Gasteiger partial charge in [-0.05, 0) is 45.6 Å². The van der Waals surface area contributed by atoms with E-state index in [9.17, 15) is 36.6 Å². The van der Waals surface area contributed by atoms with Crippen molar-refractivity contribution >= 4 is 29.0 Å². The van der Waals surface area contributed by atoms with E-state index in [1.165, 1.54) is 0 Å². The van der Waals surface area contributed by atoms with E-state index in [4.69, 9.17) is 0 Å². The Balaban J connectivity index is 1.74. The van der Waals surface area contributed by atoms with Crippen LogP contribution in [0.25, 0.3) is 10.4 Å². The Hall–Kier alpha value is -2.87. The molecule has 0 radical (unpaired) electrons. The zero-order valence-electron chi connectivity index (χ0n) is 20.0. The van der Waals surface area contributed by atoms with E-state index in [1.54, 1.807) is 4.90 Å². The second kappa shape index (κ2) is 10.5. The number of hydrogen-bond acceptors (Lipinski definition) is 7. The molecular weight excluding hydrogens is 521 g/mol. The maximum Gasteiger partial charge on any atom is 0.408 e. The first-order chi connectivity index (χ1) is 17.4. The SMILES string of the molecule is CC1CCCN1C(=O)c1nc(C(=O)NC2CCC2O)sc1-c1cnc(NC(C)C(F)(F)F)cc1C(F)F.